The zero-order valence-corrected chi connectivity index (χ0v) is 17.8. The fraction of sp³-hybridized carbons (Fsp3) is 0.240. The number of carbonyl (C=O) groups is 1. The molecule has 0 saturated carbocycles. The molecule has 2 aliphatic rings. The van der Waals surface area contributed by atoms with E-state index in [0.29, 0.717) is 28.1 Å². The first kappa shape index (κ1) is 21.1. The van der Waals surface area contributed by atoms with Gasteiger partial charge in [0, 0.05) is 27.8 Å². The van der Waals surface area contributed by atoms with Gasteiger partial charge in [0.25, 0.3) is 11.9 Å². The molecule has 2 N–H and O–H groups in total. The number of hydrogen-bond acceptors (Lipinski definition) is 5. The lowest BCUT2D eigenvalue weighted by Crippen LogP contribution is -2.54. The molecule has 2 aliphatic heterocycles. The van der Waals surface area contributed by atoms with E-state index in [0.717, 1.165) is 0 Å². The summed E-state index contributed by atoms with van der Waals surface area (Å²) in [6.45, 7) is 1.95. The van der Waals surface area contributed by atoms with Gasteiger partial charge in [-0.3, -0.25) is 20.2 Å². The monoisotopic (exact) mass is 447 g/mol. The largest absolute Gasteiger partial charge is 0.489 e. The smallest absolute Gasteiger partial charge is 0.256 e. The van der Waals surface area contributed by atoms with Crippen molar-refractivity contribution < 1.29 is 18.8 Å². The highest BCUT2D eigenvalue weighted by Gasteiger charge is 2.67. The maximum absolute atomic E-state index is 13.6. The number of nitro groups is 1. The van der Waals surface area contributed by atoms with Crippen molar-refractivity contribution >= 4 is 11.6 Å². The lowest BCUT2D eigenvalue weighted by atomic mass is 9.78. The van der Waals surface area contributed by atoms with Gasteiger partial charge >= 0.3 is 0 Å². The van der Waals surface area contributed by atoms with Crippen molar-refractivity contribution in [2.75, 3.05) is 5.32 Å². The van der Waals surface area contributed by atoms with Crippen LogP contribution in [-0.4, -0.2) is 22.9 Å². The minimum Gasteiger partial charge on any atom is -0.489 e. The van der Waals surface area contributed by atoms with Crippen LogP contribution in [0.25, 0.3) is 0 Å². The van der Waals surface area contributed by atoms with Crippen LogP contribution in [0.5, 0.6) is 5.75 Å². The number of nitrogens with zero attached hydrogens (tertiary/aromatic N) is 1. The van der Waals surface area contributed by atoms with Crippen LogP contribution in [0.2, 0.25) is 0 Å². The molecule has 5 rings (SSSR count). The van der Waals surface area contributed by atoms with Crippen molar-refractivity contribution in [2.45, 2.75) is 37.1 Å². The minimum absolute atomic E-state index is 0.112. The van der Waals surface area contributed by atoms with Gasteiger partial charge in [-0.15, -0.1) is 0 Å². The van der Waals surface area contributed by atoms with E-state index in [2.05, 4.69) is 10.6 Å². The molecule has 8 heteroatoms. The molecule has 0 unspecified atom stereocenters. The van der Waals surface area contributed by atoms with E-state index in [4.69, 9.17) is 4.74 Å². The number of hydrogen-bond donors (Lipinski definition) is 2. The predicted molar refractivity (Wildman–Crippen MR) is 120 cm³/mol. The zero-order valence-electron chi connectivity index (χ0n) is 17.8. The van der Waals surface area contributed by atoms with Crippen molar-refractivity contribution in [3.63, 3.8) is 0 Å². The van der Waals surface area contributed by atoms with Gasteiger partial charge in [-0.25, -0.2) is 4.39 Å². The number of rotatable bonds is 5. The summed E-state index contributed by atoms with van der Waals surface area (Å²) in [4.78, 5) is 25.3. The van der Waals surface area contributed by atoms with E-state index in [1.807, 2.05) is 6.92 Å². The number of halogens is 1. The molecule has 7 nitrogen and oxygen atoms in total. The first-order valence-electron chi connectivity index (χ1n) is 10.7. The summed E-state index contributed by atoms with van der Waals surface area (Å²) >= 11 is 0. The molecule has 168 valence electrons. The molecular formula is C25H22FN3O4. The summed E-state index contributed by atoms with van der Waals surface area (Å²) in [7, 11) is 0. The van der Waals surface area contributed by atoms with Crippen molar-refractivity contribution in [3.05, 3.63) is 105 Å². The van der Waals surface area contributed by atoms with Crippen molar-refractivity contribution in [1.29, 1.82) is 0 Å². The Hall–Kier alpha value is -3.78. The number of carbonyl (C=O) groups excluding carboxylic acids is 1. The molecule has 3 aromatic carbocycles. The molecule has 1 saturated heterocycles. The van der Waals surface area contributed by atoms with E-state index in [-0.39, 0.29) is 17.3 Å². The lowest BCUT2D eigenvalue weighted by Gasteiger charge is -2.26. The zero-order chi connectivity index (χ0) is 23.2. The highest BCUT2D eigenvalue weighted by atomic mass is 19.1. The normalized spacial score (nSPS) is 25.6. The minimum atomic E-state index is -1.49. The number of benzene rings is 3. The first-order chi connectivity index (χ1) is 15.9. The Morgan fingerprint density at radius 1 is 1.09 bits per heavy atom. The molecule has 1 spiro atoms. The summed E-state index contributed by atoms with van der Waals surface area (Å²) in [5, 5.41) is 18.5. The van der Waals surface area contributed by atoms with Crippen molar-refractivity contribution in [2.24, 2.45) is 0 Å². The summed E-state index contributed by atoms with van der Waals surface area (Å²) in [5.74, 6) is -0.964. The molecule has 0 radical (unpaired) electrons. The number of nitrogens with one attached hydrogen (secondary N) is 2. The predicted octanol–water partition coefficient (Wildman–Crippen LogP) is 3.97. The van der Waals surface area contributed by atoms with E-state index >= 15 is 0 Å². The fourth-order valence-electron chi connectivity index (χ4n) is 5.20. The first-order valence-corrected chi connectivity index (χ1v) is 10.7. The summed E-state index contributed by atoms with van der Waals surface area (Å²) in [6, 6.07) is 18.6. The van der Waals surface area contributed by atoms with Crippen LogP contribution >= 0.6 is 0 Å². The second-order valence-corrected chi connectivity index (χ2v) is 8.45. The van der Waals surface area contributed by atoms with Gasteiger partial charge in [-0.2, -0.15) is 0 Å². The lowest BCUT2D eigenvalue weighted by molar-refractivity contribution is -0.532. The average Bonchev–Trinajstić information content (AvgIpc) is 3.26. The Kier molecular flexibility index (Phi) is 5.09. The second-order valence-electron chi connectivity index (χ2n) is 8.45. The van der Waals surface area contributed by atoms with E-state index in [1.165, 1.54) is 12.1 Å². The Balaban J connectivity index is 1.55. The standard InChI is InChI=1S/C25H22FN3O4/c1-15-22(18-9-2-5-12-21(18)33-14-16-7-6-8-17(26)13-16)23(29(31)32)25(28-15)19-10-3-4-11-20(19)27-24(25)30/h2-13,15,22-23,28H,14H2,1H3,(H,27,30)/t15-,22+,23-,25-/m0/s1. The number of para-hydroxylation sites is 2. The summed E-state index contributed by atoms with van der Waals surface area (Å²) in [6.07, 6.45) is 0. The molecule has 1 fully saturated rings. The highest BCUT2D eigenvalue weighted by Crippen LogP contribution is 2.50. The molecule has 3 aromatic rings. The van der Waals surface area contributed by atoms with E-state index in [1.54, 1.807) is 60.7 Å². The van der Waals surface area contributed by atoms with Crippen LogP contribution < -0.4 is 15.4 Å². The van der Waals surface area contributed by atoms with Crippen LogP contribution in [0, 0.1) is 15.9 Å². The molecule has 0 bridgehead atoms. The molecule has 0 aliphatic carbocycles. The third kappa shape index (κ3) is 3.34. The van der Waals surface area contributed by atoms with Crippen LogP contribution in [-0.2, 0) is 16.9 Å². The third-order valence-electron chi connectivity index (χ3n) is 6.52. The highest BCUT2D eigenvalue weighted by molar-refractivity contribution is 6.07. The molecule has 0 aromatic heterocycles. The van der Waals surface area contributed by atoms with Gasteiger partial charge in [0.15, 0.2) is 5.54 Å². The molecule has 4 atom stereocenters. The number of amides is 1. The van der Waals surface area contributed by atoms with Crippen molar-refractivity contribution in [1.82, 2.24) is 5.32 Å². The topological polar surface area (TPSA) is 93.5 Å². The van der Waals surface area contributed by atoms with Crippen LogP contribution in [0.3, 0.4) is 0 Å². The number of fused-ring (bicyclic) bond motifs is 2. The second kappa shape index (κ2) is 7.97. The molecule has 33 heavy (non-hydrogen) atoms. The summed E-state index contributed by atoms with van der Waals surface area (Å²) in [5.41, 5.74) is 0.938. The maximum Gasteiger partial charge on any atom is 0.256 e. The molecule has 1 amide bonds. The van der Waals surface area contributed by atoms with Gasteiger partial charge in [0.05, 0.1) is 5.92 Å². The number of ether oxygens (including phenoxy) is 1. The van der Waals surface area contributed by atoms with Gasteiger partial charge in [0.2, 0.25) is 0 Å². The Morgan fingerprint density at radius 3 is 2.64 bits per heavy atom. The fourth-order valence-corrected chi connectivity index (χ4v) is 5.20. The Bertz CT molecular complexity index is 1250. The quantitative estimate of drug-likeness (QED) is 0.456. The van der Waals surface area contributed by atoms with Gasteiger partial charge < -0.3 is 10.1 Å². The van der Waals surface area contributed by atoms with Crippen LogP contribution in [0.15, 0.2) is 72.8 Å². The summed E-state index contributed by atoms with van der Waals surface area (Å²) < 4.78 is 19.6. The SMILES string of the molecule is C[C@@H]1N[C@]2(C(=O)Nc3ccccc32)[C@@H]([N+](=O)[O-])[C@H]1c1ccccc1OCc1cccc(F)c1. The molecular weight excluding hydrogens is 425 g/mol. The van der Waals surface area contributed by atoms with Crippen molar-refractivity contribution in [3.8, 4) is 5.75 Å². The van der Waals surface area contributed by atoms with Gasteiger partial charge in [-0.1, -0.05) is 48.5 Å². The Labute approximate surface area is 189 Å². The van der Waals surface area contributed by atoms with Gasteiger partial charge in [-0.05, 0) is 36.8 Å². The maximum atomic E-state index is 13.6. The van der Waals surface area contributed by atoms with E-state index < -0.39 is 29.4 Å². The van der Waals surface area contributed by atoms with Gasteiger partial charge in [0.1, 0.15) is 18.2 Å². The number of anilines is 1. The van der Waals surface area contributed by atoms with Crippen LogP contribution in [0.4, 0.5) is 10.1 Å². The average molecular weight is 447 g/mol. The van der Waals surface area contributed by atoms with Crippen LogP contribution in [0.1, 0.15) is 29.5 Å². The van der Waals surface area contributed by atoms with E-state index in [9.17, 15) is 19.3 Å². The Morgan fingerprint density at radius 2 is 1.85 bits per heavy atom. The molecule has 2 heterocycles. The third-order valence-corrected chi connectivity index (χ3v) is 6.52.